The number of rotatable bonds is 2. The molecular formula is C18H17ClO2S. The van der Waals surface area contributed by atoms with E-state index in [1.165, 1.54) is 11.1 Å². The van der Waals surface area contributed by atoms with Crippen LogP contribution in [0.5, 0.6) is 0 Å². The molecule has 0 spiro atoms. The van der Waals surface area contributed by atoms with Gasteiger partial charge < -0.3 is 0 Å². The second-order valence-corrected chi connectivity index (χ2v) is 9.19. The van der Waals surface area contributed by atoms with Gasteiger partial charge in [-0.15, -0.1) is 11.6 Å². The molecule has 3 aliphatic rings. The average molecular weight is 333 g/mol. The van der Waals surface area contributed by atoms with E-state index < -0.39 is 14.5 Å². The summed E-state index contributed by atoms with van der Waals surface area (Å²) in [4.78, 5) is 0. The molecule has 1 saturated carbocycles. The van der Waals surface area contributed by atoms with E-state index >= 15 is 0 Å². The summed E-state index contributed by atoms with van der Waals surface area (Å²) < 4.78 is 23.7. The predicted molar refractivity (Wildman–Crippen MR) is 88.8 cm³/mol. The third kappa shape index (κ3) is 2.03. The van der Waals surface area contributed by atoms with Crippen LogP contribution < -0.4 is 0 Å². The highest BCUT2D eigenvalue weighted by molar-refractivity contribution is 7.93. The molecule has 114 valence electrons. The molecule has 3 atom stereocenters. The number of benzene rings is 2. The van der Waals surface area contributed by atoms with Crippen molar-refractivity contribution in [1.82, 2.24) is 0 Å². The largest absolute Gasteiger partial charge is 0.227 e. The summed E-state index contributed by atoms with van der Waals surface area (Å²) in [6.45, 7) is 0. The van der Waals surface area contributed by atoms with Crippen LogP contribution in [0.4, 0.5) is 0 Å². The lowest BCUT2D eigenvalue weighted by atomic mass is 9.53. The molecule has 0 amide bonds. The monoisotopic (exact) mass is 332 g/mol. The van der Waals surface area contributed by atoms with Gasteiger partial charge in [-0.1, -0.05) is 60.7 Å². The Morgan fingerprint density at radius 1 is 0.818 bits per heavy atom. The minimum atomic E-state index is -3.18. The van der Waals surface area contributed by atoms with Crippen molar-refractivity contribution in [2.45, 2.75) is 16.5 Å². The van der Waals surface area contributed by atoms with Gasteiger partial charge in [0, 0.05) is 5.92 Å². The van der Waals surface area contributed by atoms with Gasteiger partial charge in [0.05, 0.1) is 5.75 Å². The number of hydrogen-bond acceptors (Lipinski definition) is 2. The number of alkyl halides is 1. The van der Waals surface area contributed by atoms with Gasteiger partial charge >= 0.3 is 0 Å². The van der Waals surface area contributed by atoms with Crippen molar-refractivity contribution in [3.05, 3.63) is 71.8 Å². The molecule has 0 unspecified atom stereocenters. The van der Waals surface area contributed by atoms with E-state index in [4.69, 9.17) is 11.6 Å². The molecule has 2 heterocycles. The maximum absolute atomic E-state index is 12.2. The molecule has 22 heavy (non-hydrogen) atoms. The Morgan fingerprint density at radius 2 is 1.27 bits per heavy atom. The molecule has 2 aromatic carbocycles. The molecule has 3 fully saturated rings. The van der Waals surface area contributed by atoms with Gasteiger partial charge in [0.15, 0.2) is 9.84 Å². The van der Waals surface area contributed by atoms with Crippen molar-refractivity contribution in [3.8, 4) is 0 Å². The van der Waals surface area contributed by atoms with E-state index in [2.05, 4.69) is 24.3 Å². The Morgan fingerprint density at radius 3 is 1.68 bits per heavy atom. The summed E-state index contributed by atoms with van der Waals surface area (Å²) in [7, 11) is -3.18. The molecule has 2 saturated heterocycles. The molecule has 4 heteroatoms. The van der Waals surface area contributed by atoms with Crippen molar-refractivity contribution in [2.24, 2.45) is 11.8 Å². The Kier molecular flexibility index (Phi) is 3.31. The molecule has 2 nitrogen and oxygen atoms in total. The normalized spacial score (nSPS) is 35.6. The summed E-state index contributed by atoms with van der Waals surface area (Å²) in [5, 5.41) is 0. The van der Waals surface area contributed by atoms with E-state index in [9.17, 15) is 8.42 Å². The molecule has 2 bridgehead atoms. The highest BCUT2D eigenvalue weighted by Gasteiger charge is 2.62. The number of halogens is 1. The Balaban J connectivity index is 1.76. The summed E-state index contributed by atoms with van der Waals surface area (Å²) in [6.07, 6.45) is 0. The van der Waals surface area contributed by atoms with Crippen molar-refractivity contribution in [2.75, 3.05) is 5.75 Å². The molecule has 0 aromatic heterocycles. The van der Waals surface area contributed by atoms with Crippen molar-refractivity contribution in [1.29, 1.82) is 0 Å². The smallest absolute Gasteiger partial charge is 0.167 e. The molecule has 5 rings (SSSR count). The molecule has 2 aliphatic heterocycles. The number of fused-ring (bicyclic) bond motifs is 2. The van der Waals surface area contributed by atoms with E-state index in [1.54, 1.807) is 0 Å². The van der Waals surface area contributed by atoms with Crippen molar-refractivity contribution in [3.63, 3.8) is 0 Å². The van der Waals surface area contributed by atoms with Gasteiger partial charge in [0.2, 0.25) is 0 Å². The minimum Gasteiger partial charge on any atom is -0.227 e. The summed E-state index contributed by atoms with van der Waals surface area (Å²) >= 11 is 6.40. The average Bonchev–Trinajstić information content (AvgIpc) is 2.51. The van der Waals surface area contributed by atoms with Crippen LogP contribution in [0.1, 0.15) is 23.0 Å². The summed E-state index contributed by atoms with van der Waals surface area (Å²) in [5.41, 5.74) is 2.43. The lowest BCUT2D eigenvalue weighted by Crippen LogP contribution is -2.58. The van der Waals surface area contributed by atoms with Gasteiger partial charge in [0.1, 0.15) is 4.71 Å². The van der Waals surface area contributed by atoms with Crippen LogP contribution in [-0.2, 0) is 9.84 Å². The lowest BCUT2D eigenvalue weighted by molar-refractivity contribution is 0.108. The van der Waals surface area contributed by atoms with Crippen LogP contribution in [0.2, 0.25) is 0 Å². The molecule has 1 aliphatic carbocycles. The fourth-order valence-electron chi connectivity index (χ4n) is 4.29. The van der Waals surface area contributed by atoms with Gasteiger partial charge in [-0.25, -0.2) is 8.42 Å². The Bertz CT molecular complexity index is 726. The van der Waals surface area contributed by atoms with E-state index in [1.807, 2.05) is 36.4 Å². The maximum Gasteiger partial charge on any atom is 0.167 e. The van der Waals surface area contributed by atoms with E-state index in [0.717, 1.165) is 0 Å². The number of hydrogen-bond donors (Lipinski definition) is 0. The van der Waals surface area contributed by atoms with Gasteiger partial charge in [0.25, 0.3) is 0 Å². The van der Waals surface area contributed by atoms with Crippen LogP contribution in [0.15, 0.2) is 60.7 Å². The summed E-state index contributed by atoms with van der Waals surface area (Å²) in [5.74, 6) is 0.788. The van der Waals surface area contributed by atoms with Crippen LogP contribution in [0.3, 0.4) is 0 Å². The first-order chi connectivity index (χ1) is 10.6. The fraction of sp³-hybridized carbons (Fsp3) is 0.333. The van der Waals surface area contributed by atoms with E-state index in [0.29, 0.717) is 0 Å². The first kappa shape index (κ1) is 14.3. The highest BCUT2D eigenvalue weighted by atomic mass is 35.5. The third-order valence-corrected chi connectivity index (χ3v) is 8.15. The fourth-order valence-corrected chi connectivity index (χ4v) is 6.78. The Labute approximate surface area is 136 Å². The zero-order chi connectivity index (χ0) is 15.3. The molecular weight excluding hydrogens is 316 g/mol. The standard InChI is InChI=1S/C18H17ClO2S/c19-18-17-15(12-7-3-1-4-8-12)14(11-22(18,20)21)16(17)13-9-5-2-6-10-13/h1-10,14-18H,11H2/t14?,15-,16-,17?,18+/m0/s1. The molecule has 2 aromatic rings. The zero-order valence-corrected chi connectivity index (χ0v) is 13.5. The maximum atomic E-state index is 12.2. The highest BCUT2D eigenvalue weighted by Crippen LogP contribution is 2.64. The van der Waals surface area contributed by atoms with E-state index in [-0.39, 0.29) is 29.4 Å². The van der Waals surface area contributed by atoms with Crippen LogP contribution in [0.25, 0.3) is 0 Å². The minimum absolute atomic E-state index is 0.0322. The zero-order valence-electron chi connectivity index (χ0n) is 12.0. The van der Waals surface area contributed by atoms with Crippen LogP contribution in [0, 0.1) is 11.8 Å². The summed E-state index contributed by atoms with van der Waals surface area (Å²) in [6, 6.07) is 20.4. The van der Waals surface area contributed by atoms with Gasteiger partial charge in [-0.05, 0) is 28.9 Å². The number of sulfone groups is 1. The lowest BCUT2D eigenvalue weighted by Gasteiger charge is -2.58. The second-order valence-electron chi connectivity index (χ2n) is 6.29. The quantitative estimate of drug-likeness (QED) is 0.784. The third-order valence-electron chi connectivity index (χ3n) is 5.19. The topological polar surface area (TPSA) is 34.1 Å². The van der Waals surface area contributed by atoms with Gasteiger partial charge in [-0.2, -0.15) is 0 Å². The van der Waals surface area contributed by atoms with Crippen LogP contribution >= 0.6 is 11.6 Å². The first-order valence-corrected chi connectivity index (χ1v) is 9.70. The SMILES string of the molecule is O=S1(=O)CC2[C@H](c3ccccc3)C([C@H]2c2ccccc2)[C@@H]1Cl. The van der Waals surface area contributed by atoms with Gasteiger partial charge in [-0.3, -0.25) is 0 Å². The Hall–Kier alpha value is -1.32. The second kappa shape index (κ2) is 5.10. The van der Waals surface area contributed by atoms with Crippen molar-refractivity contribution < 1.29 is 8.42 Å². The first-order valence-electron chi connectivity index (χ1n) is 7.55. The molecule has 0 radical (unpaired) electrons. The molecule has 0 N–H and O–H groups in total. The predicted octanol–water partition coefficient (Wildman–Crippen LogP) is 3.79. The van der Waals surface area contributed by atoms with Crippen LogP contribution in [-0.4, -0.2) is 18.9 Å². The van der Waals surface area contributed by atoms with Crippen molar-refractivity contribution >= 4 is 21.4 Å².